The van der Waals surface area contributed by atoms with Crippen LogP contribution in [-0.4, -0.2) is 23.7 Å². The fourth-order valence-electron chi connectivity index (χ4n) is 2.29. The number of hydrogen-bond acceptors (Lipinski definition) is 2. The zero-order chi connectivity index (χ0) is 11.7. The van der Waals surface area contributed by atoms with Crippen molar-refractivity contribution in [1.82, 2.24) is 0 Å². The molecule has 2 unspecified atom stereocenters. The number of aliphatic carboxylic acids is 1. The number of hydrogen-bond donors (Lipinski definition) is 1. The minimum atomic E-state index is -0.720. The van der Waals surface area contributed by atoms with E-state index in [2.05, 4.69) is 4.90 Å². The molecule has 1 fully saturated rings. The molecule has 0 spiro atoms. The topological polar surface area (TPSA) is 40.5 Å². The second-order valence-corrected chi connectivity index (χ2v) is 4.53. The number of nitrogens with zero attached hydrogens (tertiary/aromatic N) is 1. The van der Waals surface area contributed by atoms with E-state index in [4.69, 9.17) is 16.7 Å². The lowest BCUT2D eigenvalue weighted by molar-refractivity contribution is -0.141. The maximum atomic E-state index is 11.0. The number of rotatable bonds is 2. The Morgan fingerprint density at radius 2 is 2.19 bits per heavy atom. The summed E-state index contributed by atoms with van der Waals surface area (Å²) in [6.45, 7) is 2.69. The van der Waals surface area contributed by atoms with Crippen molar-refractivity contribution in [3.05, 3.63) is 29.3 Å². The Labute approximate surface area is 99.6 Å². The molecule has 0 radical (unpaired) electrons. The summed E-state index contributed by atoms with van der Waals surface area (Å²) in [4.78, 5) is 13.1. The Balaban J connectivity index is 2.25. The van der Waals surface area contributed by atoms with Crippen molar-refractivity contribution in [3.8, 4) is 0 Å². The summed E-state index contributed by atoms with van der Waals surface area (Å²) in [5, 5.41) is 9.74. The second-order valence-electron chi connectivity index (χ2n) is 4.12. The summed E-state index contributed by atoms with van der Waals surface area (Å²) < 4.78 is 0. The Bertz CT molecular complexity index is 408. The van der Waals surface area contributed by atoms with Crippen LogP contribution in [-0.2, 0) is 4.79 Å². The predicted octanol–water partition coefficient (Wildman–Crippen LogP) is 2.64. The van der Waals surface area contributed by atoms with Crippen LogP contribution in [0.4, 0.5) is 5.69 Å². The van der Waals surface area contributed by atoms with Crippen LogP contribution >= 0.6 is 11.6 Å². The molecule has 2 atom stereocenters. The molecule has 1 aromatic rings. The minimum absolute atomic E-state index is 0.00241. The molecule has 0 aliphatic carbocycles. The smallest absolute Gasteiger partial charge is 0.308 e. The number of para-hydroxylation sites is 1. The van der Waals surface area contributed by atoms with E-state index in [-0.39, 0.29) is 12.0 Å². The molecular weight excluding hydrogens is 226 g/mol. The lowest BCUT2D eigenvalue weighted by Crippen LogP contribution is -2.33. The molecule has 0 aromatic heterocycles. The molecule has 16 heavy (non-hydrogen) atoms. The van der Waals surface area contributed by atoms with E-state index >= 15 is 0 Å². The van der Waals surface area contributed by atoms with E-state index in [0.717, 1.165) is 12.2 Å². The van der Waals surface area contributed by atoms with Crippen LogP contribution in [0.1, 0.15) is 13.3 Å². The summed E-state index contributed by atoms with van der Waals surface area (Å²) >= 11 is 6.11. The predicted molar refractivity (Wildman–Crippen MR) is 64.0 cm³/mol. The van der Waals surface area contributed by atoms with Crippen molar-refractivity contribution < 1.29 is 9.90 Å². The summed E-state index contributed by atoms with van der Waals surface area (Å²) in [5.41, 5.74) is 0.931. The average Bonchev–Trinajstić information content (AvgIpc) is 2.61. The molecule has 1 saturated heterocycles. The van der Waals surface area contributed by atoms with Gasteiger partial charge in [0.25, 0.3) is 0 Å². The van der Waals surface area contributed by atoms with Crippen LogP contribution < -0.4 is 4.90 Å². The first-order valence-electron chi connectivity index (χ1n) is 5.35. The first kappa shape index (κ1) is 11.3. The summed E-state index contributed by atoms with van der Waals surface area (Å²) in [5.74, 6) is -1.02. The maximum Gasteiger partial charge on any atom is 0.308 e. The standard InChI is InChI=1S/C12H14ClNO2/c1-8-9(12(15)16)6-7-14(8)11-5-3-2-4-10(11)13/h2-5,8-9H,6-7H2,1H3,(H,15,16). The van der Waals surface area contributed by atoms with Crippen molar-refractivity contribution in [3.63, 3.8) is 0 Å². The fourth-order valence-corrected chi connectivity index (χ4v) is 2.54. The van der Waals surface area contributed by atoms with Gasteiger partial charge in [-0.05, 0) is 25.5 Å². The molecule has 1 aliphatic rings. The van der Waals surface area contributed by atoms with Crippen molar-refractivity contribution in [2.24, 2.45) is 5.92 Å². The lowest BCUT2D eigenvalue weighted by atomic mass is 10.0. The average molecular weight is 240 g/mol. The normalized spacial score (nSPS) is 24.8. The van der Waals surface area contributed by atoms with E-state index in [1.165, 1.54) is 0 Å². The molecule has 3 nitrogen and oxygen atoms in total. The Morgan fingerprint density at radius 3 is 2.75 bits per heavy atom. The highest BCUT2D eigenvalue weighted by atomic mass is 35.5. The quantitative estimate of drug-likeness (QED) is 0.863. The number of carbonyl (C=O) groups is 1. The summed E-state index contributed by atoms with van der Waals surface area (Å²) in [7, 11) is 0. The number of carboxylic acids is 1. The van der Waals surface area contributed by atoms with Gasteiger partial charge in [-0.3, -0.25) is 4.79 Å². The van der Waals surface area contributed by atoms with Crippen molar-refractivity contribution in [1.29, 1.82) is 0 Å². The molecule has 1 aliphatic heterocycles. The van der Waals surface area contributed by atoms with Crippen LogP contribution in [0.15, 0.2) is 24.3 Å². The molecule has 0 amide bonds. The number of benzene rings is 1. The number of carboxylic acid groups (broad SMARTS) is 1. The molecular formula is C12H14ClNO2. The highest BCUT2D eigenvalue weighted by molar-refractivity contribution is 6.33. The molecule has 1 heterocycles. The fraction of sp³-hybridized carbons (Fsp3) is 0.417. The van der Waals surface area contributed by atoms with Gasteiger partial charge in [-0.1, -0.05) is 23.7 Å². The van der Waals surface area contributed by atoms with Crippen LogP contribution in [0.5, 0.6) is 0 Å². The van der Waals surface area contributed by atoms with E-state index in [0.29, 0.717) is 11.4 Å². The largest absolute Gasteiger partial charge is 0.481 e. The van der Waals surface area contributed by atoms with Gasteiger partial charge in [-0.2, -0.15) is 0 Å². The first-order chi connectivity index (χ1) is 7.61. The molecule has 0 saturated carbocycles. The third kappa shape index (κ3) is 1.87. The van der Waals surface area contributed by atoms with Crippen LogP contribution in [0.2, 0.25) is 5.02 Å². The third-order valence-corrected chi connectivity index (χ3v) is 3.55. The molecule has 4 heteroatoms. The van der Waals surface area contributed by atoms with Crippen LogP contribution in [0, 0.1) is 5.92 Å². The Morgan fingerprint density at radius 1 is 1.50 bits per heavy atom. The maximum absolute atomic E-state index is 11.0. The minimum Gasteiger partial charge on any atom is -0.481 e. The molecule has 2 rings (SSSR count). The molecule has 1 aromatic carbocycles. The molecule has 0 bridgehead atoms. The SMILES string of the molecule is CC1C(C(=O)O)CCN1c1ccccc1Cl. The number of anilines is 1. The Kier molecular flexibility index (Phi) is 3.06. The highest BCUT2D eigenvalue weighted by Crippen LogP contribution is 2.34. The van der Waals surface area contributed by atoms with Gasteiger partial charge in [0, 0.05) is 12.6 Å². The summed E-state index contributed by atoms with van der Waals surface area (Å²) in [6.07, 6.45) is 0.682. The molecule has 86 valence electrons. The zero-order valence-corrected chi connectivity index (χ0v) is 9.81. The van der Waals surface area contributed by atoms with Gasteiger partial charge in [-0.15, -0.1) is 0 Å². The van der Waals surface area contributed by atoms with Crippen LogP contribution in [0.25, 0.3) is 0 Å². The van der Waals surface area contributed by atoms with E-state index in [1.807, 2.05) is 31.2 Å². The van der Waals surface area contributed by atoms with Gasteiger partial charge >= 0.3 is 5.97 Å². The first-order valence-corrected chi connectivity index (χ1v) is 5.73. The summed E-state index contributed by atoms with van der Waals surface area (Å²) in [6, 6.07) is 7.56. The van der Waals surface area contributed by atoms with Crippen LogP contribution in [0.3, 0.4) is 0 Å². The second kappa shape index (κ2) is 4.34. The van der Waals surface area contributed by atoms with E-state index in [9.17, 15) is 4.79 Å². The van der Waals surface area contributed by atoms with Crippen molar-refractivity contribution in [2.75, 3.05) is 11.4 Å². The molecule has 1 N–H and O–H groups in total. The zero-order valence-electron chi connectivity index (χ0n) is 9.06. The van der Waals surface area contributed by atoms with Gasteiger partial charge in [0.05, 0.1) is 16.6 Å². The Hall–Kier alpha value is -1.22. The number of halogens is 1. The van der Waals surface area contributed by atoms with Gasteiger partial charge in [-0.25, -0.2) is 0 Å². The van der Waals surface area contributed by atoms with Gasteiger partial charge in [0.1, 0.15) is 0 Å². The van der Waals surface area contributed by atoms with Gasteiger partial charge in [0.2, 0.25) is 0 Å². The lowest BCUT2D eigenvalue weighted by Gasteiger charge is -2.26. The van der Waals surface area contributed by atoms with E-state index < -0.39 is 5.97 Å². The van der Waals surface area contributed by atoms with Gasteiger partial charge < -0.3 is 10.0 Å². The highest BCUT2D eigenvalue weighted by Gasteiger charge is 2.36. The monoisotopic (exact) mass is 239 g/mol. The third-order valence-electron chi connectivity index (χ3n) is 3.23. The van der Waals surface area contributed by atoms with Gasteiger partial charge in [0.15, 0.2) is 0 Å². The van der Waals surface area contributed by atoms with E-state index in [1.54, 1.807) is 0 Å². The van der Waals surface area contributed by atoms with Crippen molar-refractivity contribution >= 4 is 23.3 Å². The van der Waals surface area contributed by atoms with Crippen molar-refractivity contribution in [2.45, 2.75) is 19.4 Å².